The summed E-state index contributed by atoms with van der Waals surface area (Å²) in [4.78, 5) is 19.6. The van der Waals surface area contributed by atoms with Crippen LogP contribution in [0.5, 0.6) is 0 Å². The lowest BCUT2D eigenvalue weighted by molar-refractivity contribution is -0.120. The molecule has 2 N–H and O–H groups in total. The van der Waals surface area contributed by atoms with Crippen LogP contribution in [0.25, 0.3) is 0 Å². The van der Waals surface area contributed by atoms with Crippen molar-refractivity contribution < 1.29 is 4.79 Å². The zero-order valence-corrected chi connectivity index (χ0v) is 14.7. The van der Waals surface area contributed by atoms with Crippen LogP contribution in [0.2, 0.25) is 0 Å². The Bertz CT molecular complexity index is 677. The first kappa shape index (κ1) is 16.9. The molecule has 0 radical (unpaired) electrons. The second kappa shape index (κ2) is 7.31. The molecule has 1 amide bonds. The average molecular weight is 325 g/mol. The molecule has 0 bridgehead atoms. The van der Waals surface area contributed by atoms with E-state index >= 15 is 0 Å². The summed E-state index contributed by atoms with van der Waals surface area (Å²) in [6, 6.07) is 7.74. The topological polar surface area (TPSA) is 58.7 Å². The van der Waals surface area contributed by atoms with Crippen molar-refractivity contribution in [2.24, 2.45) is 10.7 Å². The Morgan fingerprint density at radius 3 is 2.88 bits per heavy atom. The molecule has 1 aromatic carbocycles. The first-order chi connectivity index (χ1) is 11.7. The summed E-state index contributed by atoms with van der Waals surface area (Å²) < 4.78 is 0. The molecule has 2 heterocycles. The highest BCUT2D eigenvalue weighted by Crippen LogP contribution is 2.35. The fourth-order valence-corrected chi connectivity index (χ4v) is 3.71. The number of anilines is 1. The Balaban J connectivity index is 1.85. The number of fused-ring (bicyclic) bond motifs is 1. The SMILES string of the molecule is CCCC1=CN=C(C2Cc3ccccc3N2C(=O)C(N)CCC)C1. The maximum Gasteiger partial charge on any atom is 0.244 e. The van der Waals surface area contributed by atoms with E-state index in [1.165, 1.54) is 11.1 Å². The van der Waals surface area contributed by atoms with Gasteiger partial charge in [-0.15, -0.1) is 0 Å². The number of allylic oxidation sites excluding steroid dienone is 1. The Hall–Kier alpha value is -1.94. The number of rotatable bonds is 6. The van der Waals surface area contributed by atoms with E-state index in [-0.39, 0.29) is 11.9 Å². The van der Waals surface area contributed by atoms with Gasteiger partial charge in [0.25, 0.3) is 0 Å². The third-order valence-electron chi connectivity index (χ3n) is 4.91. The van der Waals surface area contributed by atoms with Gasteiger partial charge in [0.2, 0.25) is 5.91 Å². The largest absolute Gasteiger partial charge is 0.320 e. The van der Waals surface area contributed by atoms with Gasteiger partial charge in [-0.25, -0.2) is 0 Å². The van der Waals surface area contributed by atoms with E-state index < -0.39 is 6.04 Å². The van der Waals surface area contributed by atoms with Crippen LogP contribution in [-0.2, 0) is 11.2 Å². The summed E-state index contributed by atoms with van der Waals surface area (Å²) in [5, 5.41) is 0. The van der Waals surface area contributed by atoms with Crippen LogP contribution in [0, 0.1) is 0 Å². The lowest BCUT2D eigenvalue weighted by Crippen LogP contribution is -2.50. The number of benzene rings is 1. The molecular formula is C20H27N3O. The molecule has 2 atom stereocenters. The van der Waals surface area contributed by atoms with Gasteiger partial charge in [0, 0.05) is 30.4 Å². The van der Waals surface area contributed by atoms with Crippen LogP contribution in [0.1, 0.15) is 51.5 Å². The number of carbonyl (C=O) groups is 1. The third-order valence-corrected chi connectivity index (χ3v) is 4.91. The molecule has 0 aliphatic carbocycles. The van der Waals surface area contributed by atoms with Crippen molar-refractivity contribution >= 4 is 17.3 Å². The molecule has 2 aliphatic rings. The van der Waals surface area contributed by atoms with E-state index in [4.69, 9.17) is 5.73 Å². The molecule has 4 heteroatoms. The molecule has 2 unspecified atom stereocenters. The van der Waals surface area contributed by atoms with Crippen molar-refractivity contribution in [3.63, 3.8) is 0 Å². The molecule has 0 saturated carbocycles. The zero-order valence-electron chi connectivity index (χ0n) is 14.7. The molecule has 0 fully saturated rings. The van der Waals surface area contributed by atoms with E-state index in [0.29, 0.717) is 0 Å². The molecule has 128 valence electrons. The lowest BCUT2D eigenvalue weighted by atomic mass is 9.99. The Morgan fingerprint density at radius 2 is 2.12 bits per heavy atom. The zero-order chi connectivity index (χ0) is 17.1. The predicted octanol–water partition coefficient (Wildman–Crippen LogP) is 3.60. The highest BCUT2D eigenvalue weighted by molar-refractivity contribution is 6.08. The first-order valence-corrected chi connectivity index (χ1v) is 9.06. The number of para-hydroxylation sites is 1. The fourth-order valence-electron chi connectivity index (χ4n) is 3.71. The van der Waals surface area contributed by atoms with Crippen LogP contribution >= 0.6 is 0 Å². The summed E-state index contributed by atoms with van der Waals surface area (Å²) in [5.74, 6) is 0.0263. The van der Waals surface area contributed by atoms with Crippen molar-refractivity contribution in [3.8, 4) is 0 Å². The average Bonchev–Trinajstić information content (AvgIpc) is 3.18. The Labute approximate surface area is 144 Å². The van der Waals surface area contributed by atoms with Crippen molar-refractivity contribution in [1.82, 2.24) is 0 Å². The van der Waals surface area contributed by atoms with E-state index in [1.807, 2.05) is 29.3 Å². The van der Waals surface area contributed by atoms with Gasteiger partial charge in [-0.05, 0) is 30.0 Å². The number of hydrogen-bond acceptors (Lipinski definition) is 3. The summed E-state index contributed by atoms with van der Waals surface area (Å²) >= 11 is 0. The monoisotopic (exact) mass is 325 g/mol. The highest BCUT2D eigenvalue weighted by Gasteiger charge is 2.38. The van der Waals surface area contributed by atoms with Crippen LogP contribution in [0.4, 0.5) is 5.69 Å². The quantitative estimate of drug-likeness (QED) is 0.868. The molecule has 0 spiro atoms. The number of aliphatic imine (C=N–C) groups is 1. The van der Waals surface area contributed by atoms with Gasteiger partial charge in [0.1, 0.15) is 0 Å². The minimum absolute atomic E-state index is 0.0170. The third kappa shape index (κ3) is 3.16. The minimum atomic E-state index is -0.436. The van der Waals surface area contributed by atoms with Crippen molar-refractivity contribution in [1.29, 1.82) is 0 Å². The van der Waals surface area contributed by atoms with Gasteiger partial charge < -0.3 is 10.6 Å². The molecule has 1 aromatic rings. The van der Waals surface area contributed by atoms with Crippen LogP contribution in [0.3, 0.4) is 0 Å². The van der Waals surface area contributed by atoms with Gasteiger partial charge in [-0.3, -0.25) is 9.79 Å². The van der Waals surface area contributed by atoms with Crippen LogP contribution in [0.15, 0.2) is 41.0 Å². The minimum Gasteiger partial charge on any atom is -0.320 e. The number of nitrogens with two attached hydrogens (primary N) is 1. The number of amides is 1. The fraction of sp³-hybridized carbons (Fsp3) is 0.500. The molecule has 24 heavy (non-hydrogen) atoms. The maximum absolute atomic E-state index is 13.0. The second-order valence-electron chi connectivity index (χ2n) is 6.79. The Morgan fingerprint density at radius 1 is 1.33 bits per heavy atom. The van der Waals surface area contributed by atoms with E-state index in [2.05, 4.69) is 24.9 Å². The van der Waals surface area contributed by atoms with Crippen LogP contribution < -0.4 is 10.6 Å². The highest BCUT2D eigenvalue weighted by atomic mass is 16.2. The predicted molar refractivity (Wildman–Crippen MR) is 99.3 cm³/mol. The van der Waals surface area contributed by atoms with Gasteiger partial charge >= 0.3 is 0 Å². The van der Waals surface area contributed by atoms with E-state index in [1.54, 1.807) is 0 Å². The summed E-state index contributed by atoms with van der Waals surface area (Å²) in [5.41, 5.74) is 10.8. The molecule has 0 saturated heterocycles. The second-order valence-corrected chi connectivity index (χ2v) is 6.79. The smallest absolute Gasteiger partial charge is 0.244 e. The first-order valence-electron chi connectivity index (χ1n) is 9.06. The number of hydrogen-bond donors (Lipinski definition) is 1. The van der Waals surface area contributed by atoms with Crippen molar-refractivity contribution in [3.05, 3.63) is 41.6 Å². The molecule has 0 aromatic heterocycles. The molecular weight excluding hydrogens is 298 g/mol. The van der Waals surface area contributed by atoms with Crippen molar-refractivity contribution in [2.75, 3.05) is 4.90 Å². The molecule has 2 aliphatic heterocycles. The van der Waals surface area contributed by atoms with Crippen molar-refractivity contribution in [2.45, 2.75) is 64.5 Å². The van der Waals surface area contributed by atoms with Gasteiger partial charge in [-0.1, -0.05) is 44.9 Å². The standard InChI is InChI=1S/C20H27N3O/c1-3-7-14-11-17(22-13-14)19-12-15-9-5-6-10-18(15)23(19)20(24)16(21)8-4-2/h5-6,9-10,13,16,19H,3-4,7-8,11-12,21H2,1-2H3. The van der Waals surface area contributed by atoms with Crippen LogP contribution in [-0.4, -0.2) is 23.7 Å². The summed E-state index contributed by atoms with van der Waals surface area (Å²) in [6.07, 6.45) is 7.56. The van der Waals surface area contributed by atoms with Gasteiger partial charge in [-0.2, -0.15) is 0 Å². The van der Waals surface area contributed by atoms with Gasteiger partial charge in [0.05, 0.1) is 12.1 Å². The number of nitrogens with zero attached hydrogens (tertiary/aromatic N) is 2. The Kier molecular flexibility index (Phi) is 5.14. The summed E-state index contributed by atoms with van der Waals surface area (Å²) in [7, 11) is 0. The summed E-state index contributed by atoms with van der Waals surface area (Å²) in [6.45, 7) is 4.24. The van der Waals surface area contributed by atoms with E-state index in [9.17, 15) is 4.79 Å². The lowest BCUT2D eigenvalue weighted by Gasteiger charge is -2.28. The van der Waals surface area contributed by atoms with Gasteiger partial charge in [0.15, 0.2) is 0 Å². The van der Waals surface area contributed by atoms with E-state index in [0.717, 1.165) is 49.9 Å². The number of carbonyl (C=O) groups excluding carboxylic acids is 1. The molecule has 3 rings (SSSR count). The maximum atomic E-state index is 13.0. The normalized spacial score (nSPS) is 20.6. The molecule has 4 nitrogen and oxygen atoms in total.